The maximum absolute atomic E-state index is 11.5. The molecule has 0 amide bonds. The molecule has 0 saturated carbocycles. The number of carbonyl (C=O) groups is 2. The molecule has 0 bridgehead atoms. The molecule has 1 radical (unpaired) electrons. The Labute approximate surface area is 107 Å². The van der Waals surface area contributed by atoms with Gasteiger partial charge in [-0.15, -0.1) is 0 Å². The summed E-state index contributed by atoms with van der Waals surface area (Å²) in [6.07, 6.45) is 2.15. The Morgan fingerprint density at radius 1 is 1.22 bits per heavy atom. The highest BCUT2D eigenvalue weighted by Crippen LogP contribution is 2.02. The Balaban J connectivity index is 2.15. The summed E-state index contributed by atoms with van der Waals surface area (Å²) in [6, 6.07) is 8.63. The third-order valence-corrected chi connectivity index (χ3v) is 2.25. The van der Waals surface area contributed by atoms with Crippen LogP contribution in [-0.4, -0.2) is 18.5 Å². The molecule has 0 saturated heterocycles. The van der Waals surface area contributed by atoms with Crippen molar-refractivity contribution in [2.45, 2.75) is 26.2 Å². The topological polar surface area (TPSA) is 52.6 Å². The van der Waals surface area contributed by atoms with Crippen LogP contribution in [0, 0.1) is 6.61 Å². The molecular formula is C14H17O4. The maximum atomic E-state index is 11.5. The first-order valence-electron chi connectivity index (χ1n) is 5.97. The quantitative estimate of drug-likeness (QED) is 0.550. The molecule has 0 aliphatic heterocycles. The SMILES string of the molecule is CCCCC(=O)OC[CH]OC(=O)c1ccccc1. The molecule has 0 spiro atoms. The minimum absolute atomic E-state index is 0.0128. The summed E-state index contributed by atoms with van der Waals surface area (Å²) in [5.41, 5.74) is 0.464. The summed E-state index contributed by atoms with van der Waals surface area (Å²) in [6.45, 7) is 3.18. The van der Waals surface area contributed by atoms with Crippen LogP contribution in [-0.2, 0) is 14.3 Å². The first kappa shape index (κ1) is 14.2. The van der Waals surface area contributed by atoms with E-state index in [9.17, 15) is 9.59 Å². The molecule has 0 unspecified atom stereocenters. The molecule has 1 aromatic carbocycles. The van der Waals surface area contributed by atoms with E-state index in [1.165, 1.54) is 6.61 Å². The van der Waals surface area contributed by atoms with Gasteiger partial charge in [0, 0.05) is 6.42 Å². The monoisotopic (exact) mass is 249 g/mol. The average molecular weight is 249 g/mol. The minimum Gasteiger partial charge on any atom is -0.462 e. The van der Waals surface area contributed by atoms with Crippen LogP contribution < -0.4 is 0 Å². The van der Waals surface area contributed by atoms with Gasteiger partial charge in [-0.05, 0) is 18.6 Å². The van der Waals surface area contributed by atoms with E-state index in [1.807, 2.05) is 13.0 Å². The highest BCUT2D eigenvalue weighted by atomic mass is 16.6. The fourth-order valence-corrected chi connectivity index (χ4v) is 1.27. The summed E-state index contributed by atoms with van der Waals surface area (Å²) in [7, 11) is 0. The van der Waals surface area contributed by atoms with Crippen molar-refractivity contribution in [3.8, 4) is 0 Å². The lowest BCUT2D eigenvalue weighted by molar-refractivity contribution is -0.143. The second kappa shape index (κ2) is 8.28. The van der Waals surface area contributed by atoms with Crippen LogP contribution in [0.3, 0.4) is 0 Å². The van der Waals surface area contributed by atoms with Crippen LogP contribution in [0.5, 0.6) is 0 Å². The smallest absolute Gasteiger partial charge is 0.338 e. The maximum Gasteiger partial charge on any atom is 0.338 e. The van der Waals surface area contributed by atoms with E-state index in [2.05, 4.69) is 0 Å². The Kier molecular flexibility index (Phi) is 6.54. The minimum atomic E-state index is -0.458. The second-order valence-corrected chi connectivity index (χ2v) is 3.72. The van der Waals surface area contributed by atoms with Crippen molar-refractivity contribution < 1.29 is 19.1 Å². The van der Waals surface area contributed by atoms with Crippen molar-refractivity contribution in [1.82, 2.24) is 0 Å². The molecule has 0 atom stereocenters. The zero-order valence-corrected chi connectivity index (χ0v) is 10.4. The number of hydrogen-bond donors (Lipinski definition) is 0. The van der Waals surface area contributed by atoms with E-state index in [0.717, 1.165) is 12.8 Å². The van der Waals surface area contributed by atoms with Gasteiger partial charge in [0.25, 0.3) is 0 Å². The summed E-state index contributed by atoms with van der Waals surface area (Å²) < 4.78 is 9.70. The lowest BCUT2D eigenvalue weighted by Crippen LogP contribution is -2.10. The molecular weight excluding hydrogens is 232 g/mol. The molecule has 1 rings (SSSR count). The van der Waals surface area contributed by atoms with Gasteiger partial charge in [-0.2, -0.15) is 0 Å². The summed E-state index contributed by atoms with van der Waals surface area (Å²) in [4.78, 5) is 22.6. The number of ether oxygens (including phenoxy) is 2. The molecule has 4 nitrogen and oxygen atoms in total. The largest absolute Gasteiger partial charge is 0.462 e. The Morgan fingerprint density at radius 2 is 1.94 bits per heavy atom. The molecule has 0 heterocycles. The van der Waals surface area contributed by atoms with Gasteiger partial charge in [-0.3, -0.25) is 4.79 Å². The van der Waals surface area contributed by atoms with Crippen molar-refractivity contribution in [3.63, 3.8) is 0 Å². The number of hydrogen-bond acceptors (Lipinski definition) is 4. The number of rotatable bonds is 7. The van der Waals surface area contributed by atoms with Gasteiger partial charge in [-0.1, -0.05) is 31.5 Å². The predicted octanol–water partition coefficient (Wildman–Crippen LogP) is 2.74. The third kappa shape index (κ3) is 5.48. The van der Waals surface area contributed by atoms with E-state index < -0.39 is 5.97 Å². The van der Waals surface area contributed by atoms with E-state index in [1.54, 1.807) is 24.3 Å². The van der Waals surface area contributed by atoms with Gasteiger partial charge in [0.1, 0.15) is 6.61 Å². The van der Waals surface area contributed by atoms with Crippen molar-refractivity contribution in [2.24, 2.45) is 0 Å². The van der Waals surface area contributed by atoms with E-state index in [0.29, 0.717) is 12.0 Å². The first-order valence-corrected chi connectivity index (χ1v) is 5.97. The highest BCUT2D eigenvalue weighted by Gasteiger charge is 2.07. The molecule has 0 N–H and O–H groups in total. The van der Waals surface area contributed by atoms with Gasteiger partial charge in [0.05, 0.1) is 5.56 Å². The van der Waals surface area contributed by atoms with Crippen molar-refractivity contribution in [1.29, 1.82) is 0 Å². The third-order valence-electron chi connectivity index (χ3n) is 2.25. The van der Waals surface area contributed by atoms with E-state index in [-0.39, 0.29) is 12.6 Å². The van der Waals surface area contributed by atoms with E-state index >= 15 is 0 Å². The number of benzene rings is 1. The van der Waals surface area contributed by atoms with Crippen LogP contribution in [0.1, 0.15) is 36.5 Å². The van der Waals surface area contributed by atoms with Gasteiger partial charge in [0.15, 0.2) is 6.61 Å². The lowest BCUT2D eigenvalue weighted by Gasteiger charge is -2.05. The second-order valence-electron chi connectivity index (χ2n) is 3.72. The molecule has 0 fully saturated rings. The fourth-order valence-electron chi connectivity index (χ4n) is 1.27. The summed E-state index contributed by atoms with van der Waals surface area (Å²) in [5.74, 6) is -0.732. The summed E-state index contributed by atoms with van der Waals surface area (Å²) >= 11 is 0. The standard InChI is InChI=1S/C14H17O4/c1-2-3-9-13(15)17-10-11-18-14(16)12-7-5-4-6-8-12/h4-8,11H,2-3,9-10H2,1H3. The predicted molar refractivity (Wildman–Crippen MR) is 66.6 cm³/mol. The van der Waals surface area contributed by atoms with Crippen LogP contribution in [0.25, 0.3) is 0 Å². The van der Waals surface area contributed by atoms with Gasteiger partial charge in [-0.25, -0.2) is 4.79 Å². The van der Waals surface area contributed by atoms with Crippen LogP contribution in [0.15, 0.2) is 30.3 Å². The number of esters is 2. The molecule has 0 aliphatic carbocycles. The Hall–Kier alpha value is -1.84. The molecule has 97 valence electrons. The van der Waals surface area contributed by atoms with Crippen LogP contribution in [0.2, 0.25) is 0 Å². The van der Waals surface area contributed by atoms with Gasteiger partial charge in [0.2, 0.25) is 0 Å². The number of unbranched alkanes of at least 4 members (excludes halogenated alkanes) is 1. The van der Waals surface area contributed by atoms with E-state index in [4.69, 9.17) is 9.47 Å². The zero-order chi connectivity index (χ0) is 13.2. The highest BCUT2D eigenvalue weighted by molar-refractivity contribution is 5.89. The van der Waals surface area contributed by atoms with Crippen molar-refractivity contribution >= 4 is 11.9 Å². The molecule has 0 aromatic heterocycles. The molecule has 4 heteroatoms. The first-order chi connectivity index (χ1) is 8.74. The average Bonchev–Trinajstić information content (AvgIpc) is 2.42. The van der Waals surface area contributed by atoms with Crippen LogP contribution >= 0.6 is 0 Å². The Bertz CT molecular complexity index is 373. The van der Waals surface area contributed by atoms with Gasteiger partial charge >= 0.3 is 11.9 Å². The Morgan fingerprint density at radius 3 is 2.61 bits per heavy atom. The molecule has 0 aliphatic rings. The zero-order valence-electron chi connectivity index (χ0n) is 10.4. The lowest BCUT2D eigenvalue weighted by atomic mass is 10.2. The molecule has 1 aromatic rings. The molecule has 18 heavy (non-hydrogen) atoms. The summed E-state index contributed by atoms with van der Waals surface area (Å²) in [5, 5.41) is 0. The fraction of sp³-hybridized carbons (Fsp3) is 0.357. The van der Waals surface area contributed by atoms with Crippen molar-refractivity contribution in [3.05, 3.63) is 42.5 Å². The van der Waals surface area contributed by atoms with Crippen molar-refractivity contribution in [2.75, 3.05) is 6.61 Å². The number of carbonyl (C=O) groups excluding carboxylic acids is 2. The van der Waals surface area contributed by atoms with Gasteiger partial charge < -0.3 is 9.47 Å². The van der Waals surface area contributed by atoms with Crippen LogP contribution in [0.4, 0.5) is 0 Å². The normalized spacial score (nSPS) is 9.83.